The van der Waals surface area contributed by atoms with Crippen LogP contribution in [-0.4, -0.2) is 26.3 Å². The Hall–Kier alpha value is -1.14. The van der Waals surface area contributed by atoms with E-state index in [1.165, 1.54) is 0 Å². The van der Waals surface area contributed by atoms with Crippen molar-refractivity contribution in [2.45, 2.75) is 32.9 Å². The zero-order valence-corrected chi connectivity index (χ0v) is 12.2. The zero-order valence-electron chi connectivity index (χ0n) is 10.7. The molecule has 0 spiro atoms. The van der Waals surface area contributed by atoms with Crippen LogP contribution in [0.4, 0.5) is 0 Å². The molecule has 98 valence electrons. The van der Waals surface area contributed by atoms with E-state index >= 15 is 0 Å². The summed E-state index contributed by atoms with van der Waals surface area (Å²) in [7, 11) is 0. The number of rotatable bonds is 6. The van der Waals surface area contributed by atoms with Gasteiger partial charge in [0.25, 0.3) is 0 Å². The maximum Gasteiger partial charge on any atom is 0.129 e. The van der Waals surface area contributed by atoms with Gasteiger partial charge in [-0.2, -0.15) is 5.10 Å². The number of nitrogens with one attached hydrogen (secondary N) is 2. The van der Waals surface area contributed by atoms with Crippen molar-refractivity contribution in [3.05, 3.63) is 34.6 Å². The summed E-state index contributed by atoms with van der Waals surface area (Å²) in [4.78, 5) is 7.54. The standard InChI is InChI=1S/C12H18BrN5/c1-3-5-14-10(12-15-6-7-16-12)11-9(13)8-17-18(11)4-2/h6-8,10,14H,3-5H2,1-2H3,(H,15,16). The van der Waals surface area contributed by atoms with E-state index in [9.17, 15) is 0 Å². The first-order valence-corrected chi connectivity index (χ1v) is 7.01. The van der Waals surface area contributed by atoms with E-state index in [-0.39, 0.29) is 6.04 Å². The molecule has 0 bridgehead atoms. The quantitative estimate of drug-likeness (QED) is 0.861. The van der Waals surface area contributed by atoms with Gasteiger partial charge >= 0.3 is 0 Å². The third-order valence-corrected chi connectivity index (χ3v) is 3.41. The second kappa shape index (κ2) is 6.15. The van der Waals surface area contributed by atoms with Gasteiger partial charge in [0, 0.05) is 18.9 Å². The average Bonchev–Trinajstić information content (AvgIpc) is 3.01. The van der Waals surface area contributed by atoms with Crippen LogP contribution in [0.2, 0.25) is 0 Å². The molecule has 2 rings (SSSR count). The lowest BCUT2D eigenvalue weighted by Crippen LogP contribution is -2.27. The van der Waals surface area contributed by atoms with Crippen LogP contribution in [0.3, 0.4) is 0 Å². The van der Waals surface area contributed by atoms with Crippen LogP contribution in [-0.2, 0) is 6.54 Å². The Morgan fingerprint density at radius 2 is 2.33 bits per heavy atom. The smallest absolute Gasteiger partial charge is 0.129 e. The average molecular weight is 312 g/mol. The van der Waals surface area contributed by atoms with Crippen molar-refractivity contribution in [1.82, 2.24) is 25.1 Å². The number of aromatic nitrogens is 4. The van der Waals surface area contributed by atoms with Crippen LogP contribution in [0.25, 0.3) is 0 Å². The minimum Gasteiger partial charge on any atom is -0.347 e. The SMILES string of the molecule is CCCNC(c1ncc[nH]1)c1c(Br)cnn1CC. The molecule has 0 aliphatic heterocycles. The lowest BCUT2D eigenvalue weighted by Gasteiger charge is -2.18. The van der Waals surface area contributed by atoms with Gasteiger partial charge in [0.1, 0.15) is 11.9 Å². The largest absolute Gasteiger partial charge is 0.347 e. The summed E-state index contributed by atoms with van der Waals surface area (Å²) in [6.07, 6.45) is 6.53. The highest BCUT2D eigenvalue weighted by molar-refractivity contribution is 9.10. The molecule has 2 aromatic rings. The molecular weight excluding hydrogens is 294 g/mol. The molecule has 0 amide bonds. The van der Waals surface area contributed by atoms with Gasteiger partial charge in [0.2, 0.25) is 0 Å². The van der Waals surface area contributed by atoms with Gasteiger partial charge in [-0.3, -0.25) is 4.68 Å². The Morgan fingerprint density at radius 3 is 2.94 bits per heavy atom. The van der Waals surface area contributed by atoms with Gasteiger partial charge in [0.15, 0.2) is 0 Å². The minimum atomic E-state index is 0.0387. The monoisotopic (exact) mass is 311 g/mol. The van der Waals surface area contributed by atoms with Crippen LogP contribution < -0.4 is 5.32 Å². The van der Waals surface area contributed by atoms with Crippen LogP contribution in [0.1, 0.15) is 37.8 Å². The van der Waals surface area contributed by atoms with Crippen molar-refractivity contribution in [2.24, 2.45) is 0 Å². The van der Waals surface area contributed by atoms with Crippen LogP contribution in [0, 0.1) is 0 Å². The molecule has 0 aliphatic carbocycles. The Bertz CT molecular complexity index is 477. The van der Waals surface area contributed by atoms with Gasteiger partial charge in [0.05, 0.1) is 16.4 Å². The number of H-pyrrole nitrogens is 1. The van der Waals surface area contributed by atoms with Crippen LogP contribution in [0.15, 0.2) is 23.1 Å². The maximum absolute atomic E-state index is 4.36. The van der Waals surface area contributed by atoms with Crippen molar-refractivity contribution < 1.29 is 0 Å². The number of hydrogen-bond donors (Lipinski definition) is 2. The molecule has 2 heterocycles. The minimum absolute atomic E-state index is 0.0387. The van der Waals surface area contributed by atoms with Crippen molar-refractivity contribution in [2.75, 3.05) is 6.54 Å². The van der Waals surface area contributed by atoms with Crippen LogP contribution in [0.5, 0.6) is 0 Å². The first-order chi connectivity index (χ1) is 8.77. The topological polar surface area (TPSA) is 58.5 Å². The fraction of sp³-hybridized carbons (Fsp3) is 0.500. The molecular formula is C12H18BrN5. The number of halogens is 1. The van der Waals surface area contributed by atoms with E-state index in [0.29, 0.717) is 0 Å². The highest BCUT2D eigenvalue weighted by Crippen LogP contribution is 2.26. The third kappa shape index (κ3) is 2.64. The Balaban J connectivity index is 2.36. The number of hydrogen-bond acceptors (Lipinski definition) is 3. The van der Waals surface area contributed by atoms with Gasteiger partial charge < -0.3 is 10.3 Å². The highest BCUT2D eigenvalue weighted by atomic mass is 79.9. The number of nitrogens with zero attached hydrogens (tertiary/aromatic N) is 3. The summed E-state index contributed by atoms with van der Waals surface area (Å²) in [5, 5.41) is 7.87. The maximum atomic E-state index is 4.36. The second-order valence-electron chi connectivity index (χ2n) is 4.06. The van der Waals surface area contributed by atoms with Crippen molar-refractivity contribution in [3.8, 4) is 0 Å². The lowest BCUT2D eigenvalue weighted by atomic mass is 10.2. The number of imidazole rings is 1. The second-order valence-corrected chi connectivity index (χ2v) is 4.91. The molecule has 2 N–H and O–H groups in total. The number of aryl methyl sites for hydroxylation is 1. The van der Waals surface area contributed by atoms with E-state index in [2.05, 4.69) is 50.2 Å². The molecule has 5 nitrogen and oxygen atoms in total. The Kier molecular flexibility index (Phi) is 4.54. The van der Waals surface area contributed by atoms with E-state index in [1.807, 2.05) is 17.1 Å². The Morgan fingerprint density at radius 1 is 1.50 bits per heavy atom. The van der Waals surface area contributed by atoms with Crippen molar-refractivity contribution in [1.29, 1.82) is 0 Å². The molecule has 0 radical (unpaired) electrons. The molecule has 0 saturated heterocycles. The third-order valence-electron chi connectivity index (χ3n) is 2.80. The normalized spacial score (nSPS) is 12.8. The summed E-state index contributed by atoms with van der Waals surface area (Å²) >= 11 is 3.57. The van der Waals surface area contributed by atoms with E-state index in [1.54, 1.807) is 6.20 Å². The molecule has 1 unspecified atom stereocenters. The molecule has 0 aliphatic rings. The van der Waals surface area contributed by atoms with Gasteiger partial charge in [-0.25, -0.2) is 4.98 Å². The van der Waals surface area contributed by atoms with E-state index in [0.717, 1.165) is 35.5 Å². The van der Waals surface area contributed by atoms with Gasteiger partial charge in [-0.15, -0.1) is 0 Å². The first-order valence-electron chi connectivity index (χ1n) is 6.21. The molecule has 0 aromatic carbocycles. The molecule has 18 heavy (non-hydrogen) atoms. The number of aromatic amines is 1. The highest BCUT2D eigenvalue weighted by Gasteiger charge is 2.22. The predicted octanol–water partition coefficient (Wildman–Crippen LogP) is 2.48. The molecule has 0 saturated carbocycles. The Labute approximate surface area is 115 Å². The van der Waals surface area contributed by atoms with Gasteiger partial charge in [-0.05, 0) is 35.8 Å². The summed E-state index contributed by atoms with van der Waals surface area (Å²) in [5.41, 5.74) is 1.11. The summed E-state index contributed by atoms with van der Waals surface area (Å²) in [5.74, 6) is 0.916. The van der Waals surface area contributed by atoms with E-state index in [4.69, 9.17) is 0 Å². The molecule has 6 heteroatoms. The predicted molar refractivity (Wildman–Crippen MR) is 74.3 cm³/mol. The van der Waals surface area contributed by atoms with Crippen LogP contribution >= 0.6 is 15.9 Å². The summed E-state index contributed by atoms with van der Waals surface area (Å²) < 4.78 is 2.99. The first kappa shape index (κ1) is 13.3. The van der Waals surface area contributed by atoms with Gasteiger partial charge in [-0.1, -0.05) is 6.92 Å². The molecule has 0 fully saturated rings. The van der Waals surface area contributed by atoms with Crippen molar-refractivity contribution >= 4 is 15.9 Å². The molecule has 1 atom stereocenters. The van der Waals surface area contributed by atoms with Crippen molar-refractivity contribution in [3.63, 3.8) is 0 Å². The zero-order chi connectivity index (χ0) is 13.0. The fourth-order valence-electron chi connectivity index (χ4n) is 1.96. The fourth-order valence-corrected chi connectivity index (χ4v) is 2.48. The molecule has 2 aromatic heterocycles. The van der Waals surface area contributed by atoms with E-state index < -0.39 is 0 Å². The lowest BCUT2D eigenvalue weighted by molar-refractivity contribution is 0.514. The summed E-state index contributed by atoms with van der Waals surface area (Å²) in [6.45, 7) is 6.01. The summed E-state index contributed by atoms with van der Waals surface area (Å²) in [6, 6.07) is 0.0387.